The number of hydrogen-bond acceptors (Lipinski definition) is 5. The van der Waals surface area contributed by atoms with E-state index < -0.39 is 11.6 Å². The summed E-state index contributed by atoms with van der Waals surface area (Å²) in [5.41, 5.74) is 2.90. The minimum atomic E-state index is -0.968. The third-order valence-electron chi connectivity index (χ3n) is 5.56. The number of carbonyl (C=O) groups excluding carboxylic acids is 1. The van der Waals surface area contributed by atoms with Gasteiger partial charge in [0.05, 0.1) is 24.7 Å². The van der Waals surface area contributed by atoms with E-state index >= 15 is 0 Å². The lowest BCUT2D eigenvalue weighted by molar-refractivity contribution is 0.0795. The second-order valence-corrected chi connectivity index (χ2v) is 8.94. The second kappa shape index (κ2) is 9.94. The van der Waals surface area contributed by atoms with Gasteiger partial charge in [-0.3, -0.25) is 9.69 Å². The molecule has 0 fully saturated rings. The fourth-order valence-electron chi connectivity index (χ4n) is 3.40. The van der Waals surface area contributed by atoms with Crippen LogP contribution in [-0.4, -0.2) is 67.9 Å². The van der Waals surface area contributed by atoms with Crippen LogP contribution < -0.4 is 4.74 Å². The third kappa shape index (κ3) is 5.36. The zero-order chi connectivity index (χ0) is 25.0. The molecule has 0 aliphatic heterocycles. The Balaban J connectivity index is 2.00. The first-order valence-corrected chi connectivity index (χ1v) is 11.0. The number of ether oxygens (including phenoxy) is 1. The highest BCUT2D eigenvalue weighted by Crippen LogP contribution is 2.26. The van der Waals surface area contributed by atoms with E-state index in [4.69, 9.17) is 4.74 Å². The highest BCUT2D eigenvalue weighted by Gasteiger charge is 2.26. The normalized spacial score (nSPS) is 11.2. The predicted molar refractivity (Wildman–Crippen MR) is 129 cm³/mol. The van der Waals surface area contributed by atoms with Gasteiger partial charge in [-0.25, -0.2) is 14.5 Å². The zero-order valence-corrected chi connectivity index (χ0v) is 20.4. The average molecular weight is 466 g/mol. The first-order chi connectivity index (χ1) is 16.0. The van der Waals surface area contributed by atoms with Crippen molar-refractivity contribution >= 4 is 12.0 Å². The Bertz CT molecular complexity index is 1150. The number of benzene rings is 1. The molecule has 180 valence electrons. The topological polar surface area (TPSA) is 101 Å². The van der Waals surface area contributed by atoms with E-state index in [0.717, 1.165) is 16.8 Å². The van der Waals surface area contributed by atoms with Crippen molar-refractivity contribution in [2.75, 3.05) is 20.7 Å². The lowest BCUT2D eigenvalue weighted by Crippen LogP contribution is -2.44. The summed E-state index contributed by atoms with van der Waals surface area (Å²) in [5, 5.41) is 14.2. The van der Waals surface area contributed by atoms with E-state index in [0.29, 0.717) is 23.8 Å². The first-order valence-electron chi connectivity index (χ1n) is 11.0. The Morgan fingerprint density at radius 2 is 1.79 bits per heavy atom. The van der Waals surface area contributed by atoms with Gasteiger partial charge in [-0.05, 0) is 45.4 Å². The number of amides is 2. The lowest BCUT2D eigenvalue weighted by Gasteiger charge is -2.33. The van der Waals surface area contributed by atoms with Gasteiger partial charge < -0.3 is 14.7 Å². The van der Waals surface area contributed by atoms with Gasteiger partial charge in [0.15, 0.2) is 5.69 Å². The number of methoxy groups -OCH3 is 1. The summed E-state index contributed by atoms with van der Waals surface area (Å²) in [4.78, 5) is 31.7. The molecule has 0 saturated carbocycles. The van der Waals surface area contributed by atoms with Crippen LogP contribution in [0.2, 0.25) is 0 Å². The van der Waals surface area contributed by atoms with Gasteiger partial charge in [0.25, 0.3) is 5.91 Å². The summed E-state index contributed by atoms with van der Waals surface area (Å²) in [6, 6.07) is 12.9. The van der Waals surface area contributed by atoms with Crippen molar-refractivity contribution in [3.63, 3.8) is 0 Å². The molecule has 0 radical (unpaired) electrons. The maximum absolute atomic E-state index is 12.8. The van der Waals surface area contributed by atoms with Crippen molar-refractivity contribution in [1.82, 2.24) is 24.6 Å². The van der Waals surface area contributed by atoms with Crippen molar-refractivity contribution < 1.29 is 19.4 Å². The van der Waals surface area contributed by atoms with Crippen LogP contribution in [0.4, 0.5) is 4.79 Å². The van der Waals surface area contributed by atoms with E-state index in [9.17, 15) is 14.7 Å². The van der Waals surface area contributed by atoms with Crippen LogP contribution in [0.15, 0.2) is 48.7 Å². The fourth-order valence-corrected chi connectivity index (χ4v) is 3.40. The number of carboxylic acid groups (broad SMARTS) is 1. The van der Waals surface area contributed by atoms with Crippen LogP contribution >= 0.6 is 0 Å². The zero-order valence-electron chi connectivity index (χ0n) is 20.4. The Kier molecular flexibility index (Phi) is 7.24. The van der Waals surface area contributed by atoms with Gasteiger partial charge in [0, 0.05) is 37.3 Å². The van der Waals surface area contributed by atoms with Crippen molar-refractivity contribution in [2.24, 2.45) is 0 Å². The standard InChI is InChI=1S/C25H31N5O4/c1-7-28(5)23(31)20-14-21(30(27-20)19-12-13-22(34-6)26-15-19)18-10-8-17(9-11-18)16-29(24(32)33)25(2,3)4/h8-15H,7,16H2,1-6H3,(H,32,33). The number of pyridine rings is 1. The van der Waals surface area contributed by atoms with E-state index in [1.165, 1.54) is 4.90 Å². The van der Waals surface area contributed by atoms with Crippen molar-refractivity contribution in [3.05, 3.63) is 59.9 Å². The SMILES string of the molecule is CCN(C)C(=O)c1cc(-c2ccc(CN(C(=O)O)C(C)(C)C)cc2)n(-c2ccc(OC)nc2)n1. The molecule has 0 bridgehead atoms. The molecule has 2 aromatic heterocycles. The molecule has 34 heavy (non-hydrogen) atoms. The number of carbonyl (C=O) groups is 2. The van der Waals surface area contributed by atoms with Crippen LogP contribution in [0.1, 0.15) is 43.7 Å². The van der Waals surface area contributed by atoms with E-state index in [2.05, 4.69) is 10.1 Å². The number of aromatic nitrogens is 3. The molecule has 0 aliphatic rings. The molecule has 0 atom stereocenters. The molecule has 0 spiro atoms. The van der Waals surface area contributed by atoms with Gasteiger partial charge in [0.2, 0.25) is 5.88 Å². The quantitative estimate of drug-likeness (QED) is 0.558. The maximum Gasteiger partial charge on any atom is 0.408 e. The molecule has 2 amide bonds. The number of rotatable bonds is 7. The summed E-state index contributed by atoms with van der Waals surface area (Å²) in [6.45, 7) is 8.33. The van der Waals surface area contributed by atoms with Gasteiger partial charge in [-0.15, -0.1) is 0 Å². The minimum Gasteiger partial charge on any atom is -0.481 e. The average Bonchev–Trinajstić information content (AvgIpc) is 3.26. The Morgan fingerprint density at radius 3 is 2.29 bits per heavy atom. The smallest absolute Gasteiger partial charge is 0.408 e. The van der Waals surface area contributed by atoms with Gasteiger partial charge in [0.1, 0.15) is 0 Å². The van der Waals surface area contributed by atoms with Crippen molar-refractivity contribution in [3.8, 4) is 22.8 Å². The highest BCUT2D eigenvalue weighted by molar-refractivity contribution is 5.93. The van der Waals surface area contributed by atoms with Crippen LogP contribution in [0.5, 0.6) is 5.88 Å². The van der Waals surface area contributed by atoms with E-state index in [1.807, 2.05) is 58.0 Å². The van der Waals surface area contributed by atoms with Crippen LogP contribution in [0.25, 0.3) is 16.9 Å². The lowest BCUT2D eigenvalue weighted by atomic mass is 10.0. The van der Waals surface area contributed by atoms with Gasteiger partial charge >= 0.3 is 6.09 Å². The van der Waals surface area contributed by atoms with Crippen molar-refractivity contribution in [2.45, 2.75) is 39.8 Å². The Labute approximate surface area is 199 Å². The summed E-state index contributed by atoms with van der Waals surface area (Å²) >= 11 is 0. The molecular formula is C25H31N5O4. The number of nitrogens with zero attached hydrogens (tertiary/aromatic N) is 5. The third-order valence-corrected chi connectivity index (χ3v) is 5.56. The van der Waals surface area contributed by atoms with E-state index in [-0.39, 0.29) is 12.5 Å². The molecule has 3 aromatic rings. The van der Waals surface area contributed by atoms with Crippen LogP contribution in [0, 0.1) is 0 Å². The molecule has 3 rings (SSSR count). The van der Waals surface area contributed by atoms with Gasteiger partial charge in [-0.2, -0.15) is 5.10 Å². The molecule has 2 heterocycles. The second-order valence-electron chi connectivity index (χ2n) is 8.94. The fraction of sp³-hybridized carbons (Fsp3) is 0.360. The molecular weight excluding hydrogens is 434 g/mol. The maximum atomic E-state index is 12.8. The summed E-state index contributed by atoms with van der Waals surface area (Å²) in [7, 11) is 3.28. The molecule has 9 nitrogen and oxygen atoms in total. The summed E-state index contributed by atoms with van der Waals surface area (Å²) in [5.74, 6) is 0.300. The Morgan fingerprint density at radius 1 is 1.12 bits per heavy atom. The molecule has 0 saturated heterocycles. The van der Waals surface area contributed by atoms with Crippen molar-refractivity contribution in [1.29, 1.82) is 0 Å². The van der Waals surface area contributed by atoms with Crippen LogP contribution in [0.3, 0.4) is 0 Å². The summed E-state index contributed by atoms with van der Waals surface area (Å²) < 4.78 is 6.82. The predicted octanol–water partition coefficient (Wildman–Crippen LogP) is 4.31. The van der Waals surface area contributed by atoms with Gasteiger partial charge in [-0.1, -0.05) is 24.3 Å². The highest BCUT2D eigenvalue weighted by atomic mass is 16.5. The Hall–Kier alpha value is -3.88. The molecule has 9 heteroatoms. The number of hydrogen-bond donors (Lipinski definition) is 1. The first kappa shape index (κ1) is 24.8. The monoisotopic (exact) mass is 465 g/mol. The van der Waals surface area contributed by atoms with E-state index in [1.54, 1.807) is 42.1 Å². The van der Waals surface area contributed by atoms with Crippen LogP contribution in [-0.2, 0) is 6.54 Å². The molecule has 1 N–H and O–H groups in total. The summed E-state index contributed by atoms with van der Waals surface area (Å²) in [6.07, 6.45) is 0.667. The molecule has 0 aliphatic carbocycles. The largest absolute Gasteiger partial charge is 0.481 e. The minimum absolute atomic E-state index is 0.178. The molecule has 1 aromatic carbocycles. The molecule has 0 unspecified atom stereocenters.